The Morgan fingerprint density at radius 1 is 1.14 bits per heavy atom. The number of oxazole rings is 1. The van der Waals surface area contributed by atoms with Crippen molar-refractivity contribution in [3.8, 4) is 0 Å². The number of aliphatic imine (C=N–C) groups is 1. The van der Waals surface area contributed by atoms with E-state index in [2.05, 4.69) is 60.4 Å². The summed E-state index contributed by atoms with van der Waals surface area (Å²) in [6.45, 7) is 9.50. The third kappa shape index (κ3) is 6.24. The van der Waals surface area contributed by atoms with Gasteiger partial charge in [0.25, 0.3) is 0 Å². The number of aromatic nitrogens is 1. The van der Waals surface area contributed by atoms with E-state index in [1.54, 1.807) is 12.5 Å². The minimum Gasteiger partial charge on any atom is -0.469 e. The van der Waals surface area contributed by atoms with Gasteiger partial charge in [0, 0.05) is 18.4 Å². The van der Waals surface area contributed by atoms with Crippen molar-refractivity contribution in [1.29, 1.82) is 0 Å². The van der Waals surface area contributed by atoms with Gasteiger partial charge in [0.15, 0.2) is 5.96 Å². The predicted molar refractivity (Wildman–Crippen MR) is 115 cm³/mol. The minimum atomic E-state index is -0.0703. The van der Waals surface area contributed by atoms with Crippen molar-refractivity contribution in [3.63, 3.8) is 0 Å². The zero-order valence-electron chi connectivity index (χ0n) is 17.6. The second-order valence-corrected chi connectivity index (χ2v) is 8.07. The normalized spacial score (nSPS) is 13.3. The lowest BCUT2D eigenvalue weighted by molar-refractivity contribution is 0.383. The average Bonchev–Trinajstić information content (AvgIpc) is 3.38. The number of nitrogens with one attached hydrogen (secondary N) is 2. The average molecular weight is 395 g/mol. The largest absolute Gasteiger partial charge is 0.469 e. The van der Waals surface area contributed by atoms with Gasteiger partial charge >= 0.3 is 0 Å². The van der Waals surface area contributed by atoms with Crippen LogP contribution in [0.25, 0.3) is 0 Å². The standard InChI is InChI=1S/C23H30N4O2/c1-17(18-9-6-5-7-10-18)27-22(24-13-12-19-11-8-14-28-19)26-16-21-25-15-20(29-21)23(2,3)4/h5-11,14-15,17H,12-13,16H2,1-4H3,(H2,24,26,27). The molecule has 0 radical (unpaired) electrons. The van der Waals surface area contributed by atoms with Crippen LogP contribution < -0.4 is 10.6 Å². The smallest absolute Gasteiger partial charge is 0.216 e. The van der Waals surface area contributed by atoms with Crippen molar-refractivity contribution in [2.24, 2.45) is 4.99 Å². The van der Waals surface area contributed by atoms with Crippen LogP contribution in [0, 0.1) is 0 Å². The molecular formula is C23H30N4O2. The lowest BCUT2D eigenvalue weighted by atomic mass is 9.94. The van der Waals surface area contributed by atoms with Crippen molar-refractivity contribution >= 4 is 5.96 Å². The number of hydrogen-bond acceptors (Lipinski definition) is 4. The highest BCUT2D eigenvalue weighted by atomic mass is 16.4. The van der Waals surface area contributed by atoms with Crippen LogP contribution in [0.4, 0.5) is 0 Å². The van der Waals surface area contributed by atoms with Gasteiger partial charge in [0.2, 0.25) is 5.89 Å². The van der Waals surface area contributed by atoms with Crippen molar-refractivity contribution in [3.05, 3.63) is 77.9 Å². The maximum atomic E-state index is 5.86. The molecule has 1 unspecified atom stereocenters. The van der Waals surface area contributed by atoms with E-state index >= 15 is 0 Å². The number of guanidine groups is 1. The molecule has 0 spiro atoms. The van der Waals surface area contributed by atoms with Crippen LogP contribution in [0.1, 0.15) is 56.7 Å². The van der Waals surface area contributed by atoms with Crippen molar-refractivity contribution in [2.45, 2.75) is 52.1 Å². The van der Waals surface area contributed by atoms with E-state index in [0.29, 0.717) is 24.9 Å². The van der Waals surface area contributed by atoms with Crippen molar-refractivity contribution in [1.82, 2.24) is 15.6 Å². The van der Waals surface area contributed by atoms with E-state index in [-0.39, 0.29) is 11.5 Å². The quantitative estimate of drug-likeness (QED) is 0.452. The van der Waals surface area contributed by atoms with Crippen LogP contribution in [-0.2, 0) is 18.4 Å². The van der Waals surface area contributed by atoms with Crippen LogP contribution in [0.3, 0.4) is 0 Å². The molecule has 0 aliphatic rings. The predicted octanol–water partition coefficient (Wildman–Crippen LogP) is 4.60. The lowest BCUT2D eigenvalue weighted by Gasteiger charge is -2.18. The summed E-state index contributed by atoms with van der Waals surface area (Å²) in [6, 6.07) is 14.3. The summed E-state index contributed by atoms with van der Waals surface area (Å²) in [5.74, 6) is 3.12. The van der Waals surface area contributed by atoms with Gasteiger partial charge in [-0.1, -0.05) is 51.1 Å². The van der Waals surface area contributed by atoms with Crippen LogP contribution in [0.2, 0.25) is 0 Å². The topological polar surface area (TPSA) is 75.6 Å². The van der Waals surface area contributed by atoms with E-state index in [0.717, 1.165) is 17.9 Å². The molecular weight excluding hydrogens is 364 g/mol. The van der Waals surface area contributed by atoms with E-state index in [9.17, 15) is 0 Å². The Bertz CT molecular complexity index is 893. The van der Waals surface area contributed by atoms with Gasteiger partial charge in [0.1, 0.15) is 18.1 Å². The summed E-state index contributed by atoms with van der Waals surface area (Å²) in [5.41, 5.74) is 1.12. The Hall–Kier alpha value is -3.02. The fourth-order valence-electron chi connectivity index (χ4n) is 2.82. The third-order valence-electron chi connectivity index (χ3n) is 4.56. The molecule has 2 heterocycles. The fraction of sp³-hybridized carbons (Fsp3) is 0.391. The Labute approximate surface area is 172 Å². The maximum absolute atomic E-state index is 5.86. The molecule has 3 aromatic rings. The van der Waals surface area contributed by atoms with Gasteiger partial charge in [-0.2, -0.15) is 0 Å². The van der Waals surface area contributed by atoms with Gasteiger partial charge in [-0.05, 0) is 24.6 Å². The zero-order valence-corrected chi connectivity index (χ0v) is 17.6. The Morgan fingerprint density at radius 3 is 2.59 bits per heavy atom. The van der Waals surface area contributed by atoms with E-state index in [4.69, 9.17) is 8.83 Å². The second kappa shape index (κ2) is 9.45. The first kappa shape index (κ1) is 20.7. The highest BCUT2D eigenvalue weighted by molar-refractivity contribution is 5.80. The number of rotatable bonds is 7. The molecule has 0 aliphatic carbocycles. The summed E-state index contributed by atoms with van der Waals surface area (Å²) in [7, 11) is 0. The van der Waals surface area contributed by atoms with Crippen molar-refractivity contribution < 1.29 is 8.83 Å². The first-order chi connectivity index (χ1) is 13.9. The third-order valence-corrected chi connectivity index (χ3v) is 4.56. The maximum Gasteiger partial charge on any atom is 0.216 e. The molecule has 0 bridgehead atoms. The Kier molecular flexibility index (Phi) is 6.75. The van der Waals surface area contributed by atoms with Crippen LogP contribution in [0.5, 0.6) is 0 Å². The lowest BCUT2D eigenvalue weighted by Crippen LogP contribution is -2.39. The molecule has 6 heteroatoms. The summed E-state index contributed by atoms with van der Waals surface area (Å²) in [6.07, 6.45) is 4.25. The van der Waals surface area contributed by atoms with Crippen LogP contribution in [-0.4, -0.2) is 17.5 Å². The molecule has 1 aromatic carbocycles. The van der Waals surface area contributed by atoms with Gasteiger partial charge in [-0.15, -0.1) is 0 Å². The van der Waals surface area contributed by atoms with E-state index in [1.165, 1.54) is 5.56 Å². The summed E-state index contributed by atoms with van der Waals surface area (Å²) in [5, 5.41) is 6.83. The Balaban J connectivity index is 1.66. The fourth-order valence-corrected chi connectivity index (χ4v) is 2.82. The van der Waals surface area contributed by atoms with Crippen LogP contribution in [0.15, 0.2) is 68.8 Å². The molecule has 6 nitrogen and oxygen atoms in total. The molecule has 154 valence electrons. The highest BCUT2D eigenvalue weighted by Crippen LogP contribution is 2.22. The van der Waals surface area contributed by atoms with Gasteiger partial charge in [-0.25, -0.2) is 9.98 Å². The molecule has 0 aliphatic heterocycles. The molecule has 3 rings (SSSR count). The molecule has 0 amide bonds. The molecule has 0 saturated heterocycles. The first-order valence-corrected chi connectivity index (χ1v) is 9.99. The van der Waals surface area contributed by atoms with Gasteiger partial charge < -0.3 is 19.5 Å². The van der Waals surface area contributed by atoms with Gasteiger partial charge in [0.05, 0.1) is 18.5 Å². The SMILES string of the molecule is CC(NC(=NCc1ncc(C(C)(C)C)o1)NCCc1ccco1)c1ccccc1. The number of furan rings is 1. The number of benzene rings is 1. The molecule has 2 N–H and O–H groups in total. The number of hydrogen-bond donors (Lipinski definition) is 2. The first-order valence-electron chi connectivity index (χ1n) is 9.99. The zero-order chi connectivity index (χ0) is 20.7. The summed E-state index contributed by atoms with van der Waals surface area (Å²) < 4.78 is 11.3. The molecule has 0 saturated carbocycles. The molecule has 1 atom stereocenters. The van der Waals surface area contributed by atoms with E-state index < -0.39 is 0 Å². The van der Waals surface area contributed by atoms with Gasteiger partial charge in [-0.3, -0.25) is 0 Å². The van der Waals surface area contributed by atoms with E-state index in [1.807, 2.05) is 30.3 Å². The summed E-state index contributed by atoms with van der Waals surface area (Å²) >= 11 is 0. The highest BCUT2D eigenvalue weighted by Gasteiger charge is 2.19. The molecule has 29 heavy (non-hydrogen) atoms. The monoisotopic (exact) mass is 394 g/mol. The van der Waals surface area contributed by atoms with Crippen LogP contribution >= 0.6 is 0 Å². The molecule has 0 fully saturated rings. The van der Waals surface area contributed by atoms with Crippen molar-refractivity contribution in [2.75, 3.05) is 6.54 Å². The Morgan fingerprint density at radius 2 is 1.93 bits per heavy atom. The summed E-state index contributed by atoms with van der Waals surface area (Å²) in [4.78, 5) is 9.05. The minimum absolute atomic E-state index is 0.0703. The number of nitrogens with zero attached hydrogens (tertiary/aromatic N) is 2. The molecule has 2 aromatic heterocycles. The second-order valence-electron chi connectivity index (χ2n) is 8.07.